The van der Waals surface area contributed by atoms with Gasteiger partial charge in [0.05, 0.1) is 5.02 Å². The van der Waals surface area contributed by atoms with Gasteiger partial charge in [-0.2, -0.15) is 0 Å². The van der Waals surface area contributed by atoms with E-state index in [1.165, 1.54) is 0 Å². The summed E-state index contributed by atoms with van der Waals surface area (Å²) in [4.78, 5) is 0. The lowest BCUT2D eigenvalue weighted by Crippen LogP contribution is -2.21. The number of nitrogens with one attached hydrogen (secondary N) is 1. The molecule has 0 atom stereocenters. The fourth-order valence-electron chi connectivity index (χ4n) is 0.795. The van der Waals surface area contributed by atoms with Crippen molar-refractivity contribution >= 4 is 34.2 Å². The molecule has 0 aliphatic rings. The molecule has 4 heteroatoms. The maximum atomic E-state index is 5.87. The Labute approximate surface area is 84.2 Å². The van der Waals surface area contributed by atoms with E-state index in [2.05, 4.69) is 28.0 Å². The first-order chi connectivity index (χ1) is 5.25. The van der Waals surface area contributed by atoms with Crippen LogP contribution >= 0.6 is 34.2 Å². The monoisotopic (exact) mass is 282 g/mol. The van der Waals surface area contributed by atoms with E-state index >= 15 is 0 Å². The molecule has 3 N–H and O–H groups in total. The summed E-state index contributed by atoms with van der Waals surface area (Å²) in [5.41, 5.74) is 3.71. The molecule has 0 aliphatic carbocycles. The van der Waals surface area contributed by atoms with Crippen molar-refractivity contribution in [3.8, 4) is 0 Å². The molecule has 0 spiro atoms. The third-order valence-corrected chi connectivity index (χ3v) is 3.23. The fraction of sp³-hybridized carbons (Fsp3) is 0.143. The lowest BCUT2D eigenvalue weighted by molar-refractivity contribution is 0.739. The molecule has 0 aromatic heterocycles. The van der Waals surface area contributed by atoms with Crippen LogP contribution in [0.25, 0.3) is 0 Å². The quantitative estimate of drug-likeness (QED) is 0.494. The normalized spacial score (nSPS) is 10.1. The lowest BCUT2D eigenvalue weighted by Gasteiger charge is -2.03. The third-order valence-electron chi connectivity index (χ3n) is 1.32. The van der Waals surface area contributed by atoms with E-state index in [0.29, 0.717) is 6.54 Å². The van der Waals surface area contributed by atoms with Gasteiger partial charge in [0.25, 0.3) is 0 Å². The predicted octanol–water partition coefficient (Wildman–Crippen LogP) is 1.91. The van der Waals surface area contributed by atoms with Crippen LogP contribution in [0, 0.1) is 3.57 Å². The van der Waals surface area contributed by atoms with E-state index in [1.807, 2.05) is 18.2 Å². The molecule has 0 unspecified atom stereocenters. The molecular formula is C7H8ClIN2. The van der Waals surface area contributed by atoms with Crippen molar-refractivity contribution in [2.45, 2.75) is 6.54 Å². The van der Waals surface area contributed by atoms with Gasteiger partial charge >= 0.3 is 0 Å². The highest BCUT2D eigenvalue weighted by Gasteiger charge is 2.01. The highest BCUT2D eigenvalue weighted by atomic mass is 127. The Hall–Kier alpha value is 0.160. The van der Waals surface area contributed by atoms with Gasteiger partial charge in [-0.15, -0.1) is 0 Å². The van der Waals surface area contributed by atoms with Gasteiger partial charge in [-0.3, -0.25) is 11.3 Å². The molecule has 60 valence electrons. The number of benzene rings is 1. The maximum absolute atomic E-state index is 5.87. The van der Waals surface area contributed by atoms with Gasteiger partial charge in [0.2, 0.25) is 0 Å². The smallest absolute Gasteiger partial charge is 0.0542 e. The van der Waals surface area contributed by atoms with Crippen molar-refractivity contribution in [2.75, 3.05) is 0 Å². The Morgan fingerprint density at radius 1 is 1.55 bits per heavy atom. The van der Waals surface area contributed by atoms with E-state index in [1.54, 1.807) is 0 Å². The van der Waals surface area contributed by atoms with Crippen molar-refractivity contribution < 1.29 is 0 Å². The van der Waals surface area contributed by atoms with Crippen molar-refractivity contribution in [1.82, 2.24) is 5.43 Å². The summed E-state index contributed by atoms with van der Waals surface area (Å²) in [5.74, 6) is 5.18. The number of halogens is 2. The largest absolute Gasteiger partial charge is 0.271 e. The number of hydrogen-bond donors (Lipinski definition) is 2. The van der Waals surface area contributed by atoms with Crippen LogP contribution in [0.4, 0.5) is 0 Å². The van der Waals surface area contributed by atoms with E-state index in [4.69, 9.17) is 17.4 Å². The summed E-state index contributed by atoms with van der Waals surface area (Å²) in [6.07, 6.45) is 0. The Bertz CT molecular complexity index is 252. The van der Waals surface area contributed by atoms with Crippen molar-refractivity contribution in [3.63, 3.8) is 0 Å². The van der Waals surface area contributed by atoms with Crippen LogP contribution in [0.3, 0.4) is 0 Å². The second kappa shape index (κ2) is 4.25. The zero-order chi connectivity index (χ0) is 8.27. The van der Waals surface area contributed by atoms with Crippen LogP contribution in [-0.4, -0.2) is 0 Å². The molecule has 1 aromatic rings. The first-order valence-corrected chi connectivity index (χ1v) is 4.57. The van der Waals surface area contributed by atoms with Gasteiger partial charge in [0.15, 0.2) is 0 Å². The summed E-state index contributed by atoms with van der Waals surface area (Å²) >= 11 is 8.07. The number of nitrogens with two attached hydrogens (primary N) is 1. The van der Waals surface area contributed by atoms with Crippen molar-refractivity contribution in [2.24, 2.45) is 5.84 Å². The fourth-order valence-corrected chi connectivity index (χ4v) is 1.54. The van der Waals surface area contributed by atoms with Crippen LogP contribution in [-0.2, 0) is 6.54 Å². The molecule has 11 heavy (non-hydrogen) atoms. The van der Waals surface area contributed by atoms with Gasteiger partial charge < -0.3 is 0 Å². The minimum Gasteiger partial charge on any atom is -0.271 e. The predicted molar refractivity (Wildman–Crippen MR) is 55.2 cm³/mol. The Morgan fingerprint density at radius 3 is 2.91 bits per heavy atom. The average Bonchev–Trinajstić information content (AvgIpc) is 1.99. The maximum Gasteiger partial charge on any atom is 0.0542 e. The van der Waals surface area contributed by atoms with Crippen molar-refractivity contribution in [1.29, 1.82) is 0 Å². The molecule has 0 fully saturated rings. The minimum atomic E-state index is 0.652. The molecule has 0 amide bonds. The first kappa shape index (κ1) is 9.25. The summed E-state index contributed by atoms with van der Waals surface area (Å²) in [6.45, 7) is 0.652. The van der Waals surface area contributed by atoms with E-state index < -0.39 is 0 Å². The molecule has 0 aliphatic heterocycles. The van der Waals surface area contributed by atoms with E-state index in [-0.39, 0.29) is 0 Å². The van der Waals surface area contributed by atoms with Gasteiger partial charge in [0.1, 0.15) is 0 Å². The molecule has 0 radical (unpaired) electrons. The summed E-state index contributed by atoms with van der Waals surface area (Å²) in [6, 6.07) is 5.77. The van der Waals surface area contributed by atoms with E-state index in [0.717, 1.165) is 14.2 Å². The summed E-state index contributed by atoms with van der Waals surface area (Å²) in [7, 11) is 0. The topological polar surface area (TPSA) is 38.0 Å². The minimum absolute atomic E-state index is 0.652. The molecular weight excluding hydrogens is 274 g/mol. The highest BCUT2D eigenvalue weighted by molar-refractivity contribution is 14.1. The van der Waals surface area contributed by atoms with E-state index in [9.17, 15) is 0 Å². The molecule has 1 rings (SSSR count). The zero-order valence-electron chi connectivity index (χ0n) is 5.77. The molecule has 0 saturated carbocycles. The van der Waals surface area contributed by atoms with Crippen LogP contribution in [0.1, 0.15) is 5.56 Å². The standard InChI is InChI=1S/C7H8ClIN2/c8-6-3-1-2-5(4-11-10)7(6)9/h1-3,11H,4,10H2. The molecule has 0 bridgehead atoms. The number of rotatable bonds is 2. The third kappa shape index (κ3) is 2.30. The summed E-state index contributed by atoms with van der Waals surface area (Å²) in [5, 5.41) is 0.776. The van der Waals surface area contributed by atoms with Gasteiger partial charge in [-0.1, -0.05) is 23.7 Å². The van der Waals surface area contributed by atoms with Crippen LogP contribution in [0.15, 0.2) is 18.2 Å². The zero-order valence-corrected chi connectivity index (χ0v) is 8.69. The van der Waals surface area contributed by atoms with Gasteiger partial charge in [0, 0.05) is 10.1 Å². The number of hydrazine groups is 1. The molecule has 2 nitrogen and oxygen atoms in total. The lowest BCUT2D eigenvalue weighted by atomic mass is 10.2. The Kier molecular flexibility index (Phi) is 3.58. The SMILES string of the molecule is NNCc1cccc(Cl)c1I. The molecule has 1 aromatic carbocycles. The van der Waals surface area contributed by atoms with Crippen LogP contribution in [0.2, 0.25) is 5.02 Å². The Balaban J connectivity index is 2.96. The summed E-state index contributed by atoms with van der Waals surface area (Å²) < 4.78 is 1.06. The Morgan fingerprint density at radius 2 is 2.27 bits per heavy atom. The second-order valence-corrected chi connectivity index (χ2v) is 3.58. The first-order valence-electron chi connectivity index (χ1n) is 3.12. The van der Waals surface area contributed by atoms with Gasteiger partial charge in [-0.05, 0) is 34.2 Å². The van der Waals surface area contributed by atoms with Crippen LogP contribution < -0.4 is 11.3 Å². The van der Waals surface area contributed by atoms with Crippen LogP contribution in [0.5, 0.6) is 0 Å². The second-order valence-electron chi connectivity index (χ2n) is 2.09. The van der Waals surface area contributed by atoms with Crippen molar-refractivity contribution in [3.05, 3.63) is 32.4 Å². The number of hydrogen-bond acceptors (Lipinski definition) is 2. The molecule has 0 saturated heterocycles. The van der Waals surface area contributed by atoms with Gasteiger partial charge in [-0.25, -0.2) is 0 Å². The highest BCUT2D eigenvalue weighted by Crippen LogP contribution is 2.21. The molecule has 0 heterocycles. The average molecular weight is 283 g/mol.